The molecule has 0 saturated heterocycles. The average Bonchev–Trinajstić information content (AvgIpc) is 3.85. The fraction of sp³-hybridized carbons (Fsp3) is 0.519. The van der Waals surface area contributed by atoms with Gasteiger partial charge in [0.1, 0.15) is 28.7 Å². The number of ether oxygens (including phenoxy) is 5. The number of nitrogens with zero attached hydrogens (tertiary/aromatic N) is 8. The number of aromatic nitrogens is 5. The van der Waals surface area contributed by atoms with Crippen molar-refractivity contribution in [1.29, 1.82) is 5.26 Å². The van der Waals surface area contributed by atoms with Crippen LogP contribution >= 0.6 is 34.5 Å². The molecule has 20 heteroatoms. The highest BCUT2D eigenvalue weighted by atomic mass is 35.5. The SMILES string of the molecule is Cc1sc2c(c1C)C(c1ccc(Cl)cc1)N(C)[C@@H](CC(=O)NCCCOCCOCCOCCOCCN(C)c1ncc(C(=O)NC3C(C)(C)C(Oc4ccc(C#N)c(Cl)c4)C3(C)C)cn1)c1nnc(C)n1-2. The van der Waals surface area contributed by atoms with E-state index in [0.717, 1.165) is 22.2 Å². The Hall–Kier alpha value is -5.23. The minimum Gasteiger partial charge on any atom is -0.489 e. The van der Waals surface area contributed by atoms with Gasteiger partial charge in [0, 0.05) is 84.0 Å². The lowest BCUT2D eigenvalue weighted by Gasteiger charge is -2.63. The Morgan fingerprint density at radius 2 is 1.50 bits per heavy atom. The third-order valence-corrected chi connectivity index (χ3v) is 15.4. The first-order chi connectivity index (χ1) is 34.4. The zero-order valence-electron chi connectivity index (χ0n) is 42.6. The van der Waals surface area contributed by atoms with Gasteiger partial charge in [-0.1, -0.05) is 63.0 Å². The number of anilines is 1. The molecular formula is C52H66Cl2N10O7S. The van der Waals surface area contributed by atoms with Gasteiger partial charge in [0.2, 0.25) is 11.9 Å². The van der Waals surface area contributed by atoms with Crippen LogP contribution in [-0.4, -0.2) is 134 Å². The van der Waals surface area contributed by atoms with E-state index in [9.17, 15) is 14.9 Å². The van der Waals surface area contributed by atoms with E-state index in [-0.39, 0.29) is 42.5 Å². The van der Waals surface area contributed by atoms with Gasteiger partial charge in [-0.3, -0.25) is 19.1 Å². The quantitative estimate of drug-likeness (QED) is 0.0565. The number of carbonyl (C=O) groups excluding carboxylic acids is 2. The van der Waals surface area contributed by atoms with Gasteiger partial charge in [-0.25, -0.2) is 9.97 Å². The fourth-order valence-corrected chi connectivity index (χ4v) is 11.6. The highest BCUT2D eigenvalue weighted by Crippen LogP contribution is 2.56. The van der Waals surface area contributed by atoms with E-state index in [1.54, 1.807) is 29.5 Å². The number of fused-ring (bicyclic) bond motifs is 3. The van der Waals surface area contributed by atoms with Gasteiger partial charge >= 0.3 is 0 Å². The van der Waals surface area contributed by atoms with Crippen molar-refractivity contribution in [1.82, 2.24) is 40.3 Å². The van der Waals surface area contributed by atoms with Gasteiger partial charge in [0.15, 0.2) is 5.82 Å². The summed E-state index contributed by atoms with van der Waals surface area (Å²) in [6.45, 7) is 19.0. The lowest BCUT2D eigenvalue weighted by atomic mass is 9.49. The number of nitrogens with one attached hydrogen (secondary N) is 2. The fourth-order valence-electron chi connectivity index (χ4n) is 9.97. The smallest absolute Gasteiger partial charge is 0.254 e. The molecule has 72 heavy (non-hydrogen) atoms. The maximum Gasteiger partial charge on any atom is 0.254 e. The van der Waals surface area contributed by atoms with Crippen molar-refractivity contribution in [3.63, 3.8) is 0 Å². The number of likely N-dealkylation sites (N-methyl/N-ethyl adjacent to an activating group) is 1. The van der Waals surface area contributed by atoms with E-state index >= 15 is 0 Å². The summed E-state index contributed by atoms with van der Waals surface area (Å²) in [4.78, 5) is 40.9. The van der Waals surface area contributed by atoms with Gasteiger partial charge in [-0.15, -0.1) is 21.5 Å². The molecule has 17 nitrogen and oxygen atoms in total. The number of hydrogen-bond donors (Lipinski definition) is 2. The summed E-state index contributed by atoms with van der Waals surface area (Å²) in [7, 11) is 3.92. The number of nitriles is 1. The molecule has 0 radical (unpaired) electrons. The molecule has 1 unspecified atom stereocenters. The minimum absolute atomic E-state index is 0.0663. The lowest BCUT2D eigenvalue weighted by molar-refractivity contribution is -0.164. The second kappa shape index (κ2) is 24.2. The average molecular weight is 1050 g/mol. The zero-order chi connectivity index (χ0) is 51.7. The molecule has 0 spiro atoms. The Kier molecular flexibility index (Phi) is 18.3. The molecule has 2 N–H and O–H groups in total. The molecule has 2 aliphatic rings. The van der Waals surface area contributed by atoms with Crippen molar-refractivity contribution in [3.05, 3.63) is 109 Å². The maximum atomic E-state index is 13.4. The van der Waals surface area contributed by atoms with E-state index in [4.69, 9.17) is 46.9 Å². The van der Waals surface area contributed by atoms with Crippen LogP contribution in [0.5, 0.6) is 5.75 Å². The predicted octanol–water partition coefficient (Wildman–Crippen LogP) is 8.01. The van der Waals surface area contributed by atoms with Crippen LogP contribution < -0.4 is 20.3 Å². The van der Waals surface area contributed by atoms with Crippen LogP contribution in [0.3, 0.4) is 0 Å². The molecule has 3 aromatic heterocycles. The minimum atomic E-state index is -0.400. The number of aryl methyl sites for hydroxylation is 2. The van der Waals surface area contributed by atoms with Crippen LogP contribution in [0.25, 0.3) is 5.00 Å². The number of hydrogen-bond acceptors (Lipinski definition) is 15. The van der Waals surface area contributed by atoms with E-state index in [1.807, 2.05) is 31.0 Å². The molecule has 4 heterocycles. The number of benzene rings is 2. The molecule has 0 bridgehead atoms. The second-order valence-electron chi connectivity index (χ2n) is 19.4. The van der Waals surface area contributed by atoms with Crippen LogP contribution in [-0.2, 0) is 23.7 Å². The summed E-state index contributed by atoms with van der Waals surface area (Å²) < 4.78 is 31.3. The maximum absolute atomic E-state index is 13.4. The Morgan fingerprint density at radius 3 is 2.12 bits per heavy atom. The van der Waals surface area contributed by atoms with Crippen LogP contribution in [0.2, 0.25) is 10.0 Å². The Bertz CT molecular complexity index is 2680. The van der Waals surface area contributed by atoms with Gasteiger partial charge in [0.25, 0.3) is 5.91 Å². The molecule has 2 atom stereocenters. The van der Waals surface area contributed by atoms with Gasteiger partial charge in [0.05, 0.1) is 74.5 Å². The zero-order valence-corrected chi connectivity index (χ0v) is 44.9. The normalized spacial score (nSPS) is 18.8. The first-order valence-corrected chi connectivity index (χ1v) is 25.8. The van der Waals surface area contributed by atoms with Crippen LogP contribution in [0.15, 0.2) is 54.9 Å². The molecular weight excluding hydrogens is 980 g/mol. The van der Waals surface area contributed by atoms with Gasteiger partial charge < -0.3 is 39.2 Å². The number of carbonyl (C=O) groups is 2. The molecule has 2 aromatic carbocycles. The first kappa shape index (κ1) is 54.5. The molecule has 5 aromatic rings. The molecule has 7 rings (SSSR count). The Balaban J connectivity index is 0.717. The van der Waals surface area contributed by atoms with Crippen molar-refractivity contribution in [2.24, 2.45) is 10.8 Å². The molecule has 1 saturated carbocycles. The van der Waals surface area contributed by atoms with E-state index < -0.39 is 10.8 Å². The van der Waals surface area contributed by atoms with Crippen molar-refractivity contribution < 1.29 is 33.3 Å². The number of rotatable bonds is 24. The summed E-state index contributed by atoms with van der Waals surface area (Å²) in [5.74, 6) is 2.26. The molecule has 2 amide bonds. The van der Waals surface area contributed by atoms with Crippen molar-refractivity contribution in [2.45, 2.75) is 85.5 Å². The number of thiophene rings is 1. The van der Waals surface area contributed by atoms with Crippen LogP contribution in [0, 0.1) is 42.9 Å². The summed E-state index contributed by atoms with van der Waals surface area (Å²) in [5.41, 5.74) is 3.46. The lowest BCUT2D eigenvalue weighted by Crippen LogP contribution is -2.74. The summed E-state index contributed by atoms with van der Waals surface area (Å²) >= 11 is 14.3. The van der Waals surface area contributed by atoms with E-state index in [0.29, 0.717) is 105 Å². The standard InChI is InChI=1S/C52H66Cl2N10O7S/c1-32-33(2)72-47-43(32)44(35-11-14-38(53)15-12-35)63(9)41(45-61-60-34(3)64(45)47)28-42(65)56-17-10-19-67-21-23-69-25-26-70-24-22-68-20-18-62(8)50-57-30-37(31-58-50)46(66)59-48-51(4,5)49(52(48,6)7)71-39-16-13-36(29-55)40(54)27-39/h11-16,27,30-31,41,44,48-49H,10,17-26,28H2,1-9H3,(H,56,65)(H,59,66)/t41-,44?,48?,49?/m0/s1. The second-order valence-corrected chi connectivity index (χ2v) is 21.5. The van der Waals surface area contributed by atoms with Crippen LogP contribution in [0.4, 0.5) is 5.95 Å². The third-order valence-electron chi connectivity index (χ3n) is 13.6. The van der Waals surface area contributed by atoms with Crippen molar-refractivity contribution >= 4 is 52.3 Å². The third kappa shape index (κ3) is 12.4. The Morgan fingerprint density at radius 1 is 0.875 bits per heavy atom. The predicted molar refractivity (Wildman–Crippen MR) is 277 cm³/mol. The highest BCUT2D eigenvalue weighted by molar-refractivity contribution is 7.14. The first-order valence-electron chi connectivity index (χ1n) is 24.2. The highest BCUT2D eigenvalue weighted by Gasteiger charge is 2.64. The van der Waals surface area contributed by atoms with Crippen LogP contribution in [0.1, 0.15) is 102 Å². The summed E-state index contributed by atoms with van der Waals surface area (Å²) in [6.07, 6.45) is 3.72. The topological polar surface area (TPSA) is 191 Å². The summed E-state index contributed by atoms with van der Waals surface area (Å²) in [6, 6.07) is 14.4. The molecule has 1 aliphatic heterocycles. The largest absolute Gasteiger partial charge is 0.489 e. The van der Waals surface area contributed by atoms with Crippen molar-refractivity contribution in [2.75, 3.05) is 84.9 Å². The van der Waals surface area contributed by atoms with Gasteiger partial charge in [-0.05, 0) is 69.6 Å². The number of halogens is 2. The molecule has 386 valence electrons. The van der Waals surface area contributed by atoms with Gasteiger partial charge in [-0.2, -0.15) is 5.26 Å². The van der Waals surface area contributed by atoms with E-state index in [1.165, 1.54) is 28.4 Å². The van der Waals surface area contributed by atoms with Crippen molar-refractivity contribution in [3.8, 4) is 16.8 Å². The Labute approximate surface area is 436 Å². The summed E-state index contributed by atoms with van der Waals surface area (Å²) in [5, 5.41) is 26.6. The molecule has 1 aliphatic carbocycles. The monoisotopic (exact) mass is 1040 g/mol. The van der Waals surface area contributed by atoms with E-state index in [2.05, 4.69) is 107 Å². The number of amides is 2. The molecule has 1 fully saturated rings.